The molecule has 7 nitrogen and oxygen atoms in total. The fraction of sp³-hybridized carbons (Fsp3) is 0.174. The number of para-hydroxylation sites is 1. The summed E-state index contributed by atoms with van der Waals surface area (Å²) in [5, 5.41) is 8.49. The van der Waals surface area contributed by atoms with Gasteiger partial charge in [-0.3, -0.25) is 9.63 Å². The molecule has 2 aromatic carbocycles. The molecule has 13 heteroatoms. The Kier molecular flexibility index (Phi) is 6.23. The van der Waals surface area contributed by atoms with Gasteiger partial charge < -0.3 is 4.52 Å². The molecule has 36 heavy (non-hydrogen) atoms. The summed E-state index contributed by atoms with van der Waals surface area (Å²) in [4.78, 5) is 18.7. The van der Waals surface area contributed by atoms with Crippen LogP contribution in [0.1, 0.15) is 22.5 Å². The van der Waals surface area contributed by atoms with Gasteiger partial charge in [0.2, 0.25) is 0 Å². The number of hydrogen-bond acceptors (Lipinski definition) is 5. The number of benzene rings is 2. The predicted molar refractivity (Wildman–Crippen MR) is 121 cm³/mol. The van der Waals surface area contributed by atoms with E-state index in [1.54, 1.807) is 6.07 Å². The Balaban J connectivity index is 1.78. The van der Waals surface area contributed by atoms with Gasteiger partial charge in [-0.1, -0.05) is 46.6 Å². The van der Waals surface area contributed by atoms with Gasteiger partial charge >= 0.3 is 6.18 Å². The molecule has 0 saturated carbocycles. The summed E-state index contributed by atoms with van der Waals surface area (Å²) < 4.78 is 63.8. The van der Waals surface area contributed by atoms with E-state index in [4.69, 9.17) is 32.6 Å². The summed E-state index contributed by atoms with van der Waals surface area (Å²) in [7, 11) is 0. The van der Waals surface area contributed by atoms with Gasteiger partial charge in [0.1, 0.15) is 17.1 Å². The number of rotatable bonds is 4. The Bertz CT molecular complexity index is 1440. The van der Waals surface area contributed by atoms with Gasteiger partial charge in [-0.15, -0.1) is 0 Å². The molecule has 1 aliphatic rings. The molecule has 1 saturated heterocycles. The van der Waals surface area contributed by atoms with E-state index >= 15 is 0 Å². The third-order valence-electron chi connectivity index (χ3n) is 5.45. The van der Waals surface area contributed by atoms with Gasteiger partial charge in [-0.2, -0.15) is 18.3 Å². The number of carbonyl (C=O) groups is 1. The summed E-state index contributed by atoms with van der Waals surface area (Å²) in [5.41, 5.74) is -3.04. The molecule has 0 unspecified atom stereocenters. The first-order valence-electron chi connectivity index (χ1n) is 10.5. The van der Waals surface area contributed by atoms with E-state index in [0.29, 0.717) is 11.1 Å². The third-order valence-corrected chi connectivity index (χ3v) is 6.08. The Morgan fingerprint density at radius 1 is 1.06 bits per heavy atom. The van der Waals surface area contributed by atoms with E-state index in [1.165, 1.54) is 30.3 Å². The van der Waals surface area contributed by atoms with Gasteiger partial charge in [0.15, 0.2) is 11.5 Å². The van der Waals surface area contributed by atoms with Crippen molar-refractivity contribution in [3.8, 4) is 28.3 Å². The molecule has 0 N–H and O–H groups in total. The highest BCUT2D eigenvalue weighted by Crippen LogP contribution is 2.43. The highest BCUT2D eigenvalue weighted by Gasteiger charge is 2.43. The maximum atomic E-state index is 14.8. The minimum Gasteiger partial charge on any atom is -0.355 e. The van der Waals surface area contributed by atoms with Crippen LogP contribution < -0.4 is 0 Å². The van der Waals surface area contributed by atoms with Gasteiger partial charge in [-0.05, 0) is 30.7 Å². The molecule has 4 aromatic rings. The monoisotopic (exact) mass is 540 g/mol. The van der Waals surface area contributed by atoms with Crippen molar-refractivity contribution in [2.24, 2.45) is 0 Å². The van der Waals surface area contributed by atoms with Gasteiger partial charge in [0.25, 0.3) is 5.91 Å². The number of halogens is 6. The lowest BCUT2D eigenvalue weighted by Crippen LogP contribution is -2.27. The first-order valence-corrected chi connectivity index (χ1v) is 11.2. The topological polar surface area (TPSA) is 73.4 Å². The van der Waals surface area contributed by atoms with Crippen LogP contribution in [0.3, 0.4) is 0 Å². The SMILES string of the molecule is O=C(c1c(-c2c(F)cccc2Cl)noc1-c1cnn(-c2ccccc2Cl)c1C(F)(F)F)N1CCCO1. The molecule has 2 aromatic heterocycles. The van der Waals surface area contributed by atoms with E-state index in [2.05, 4.69) is 10.3 Å². The molecule has 3 heterocycles. The number of aromatic nitrogens is 3. The van der Waals surface area contributed by atoms with Crippen molar-refractivity contribution in [1.29, 1.82) is 0 Å². The van der Waals surface area contributed by atoms with E-state index in [1.807, 2.05) is 0 Å². The second-order valence-electron chi connectivity index (χ2n) is 7.69. The molecular weight excluding hydrogens is 527 g/mol. The molecule has 0 atom stereocenters. The first-order chi connectivity index (χ1) is 17.2. The second kappa shape index (κ2) is 9.23. The van der Waals surface area contributed by atoms with Crippen LogP contribution in [0, 0.1) is 5.82 Å². The summed E-state index contributed by atoms with van der Waals surface area (Å²) in [6.07, 6.45) is -3.58. The summed E-state index contributed by atoms with van der Waals surface area (Å²) >= 11 is 12.3. The van der Waals surface area contributed by atoms with Crippen LogP contribution in [-0.4, -0.2) is 39.1 Å². The largest absolute Gasteiger partial charge is 0.434 e. The maximum Gasteiger partial charge on any atom is 0.434 e. The van der Waals surface area contributed by atoms with Crippen molar-refractivity contribution < 1.29 is 31.7 Å². The molecule has 0 spiro atoms. The molecular formula is C23H14Cl2F4N4O3. The molecule has 0 radical (unpaired) electrons. The molecule has 0 aliphatic carbocycles. The molecule has 0 bridgehead atoms. The second-order valence-corrected chi connectivity index (χ2v) is 8.51. The average Bonchev–Trinajstić information content (AvgIpc) is 3.58. The number of nitrogens with zero attached hydrogens (tertiary/aromatic N) is 4. The van der Waals surface area contributed by atoms with Crippen molar-refractivity contribution >= 4 is 29.1 Å². The predicted octanol–water partition coefficient (Wildman–Crippen LogP) is 6.44. The van der Waals surface area contributed by atoms with Gasteiger partial charge in [-0.25, -0.2) is 14.1 Å². The van der Waals surface area contributed by atoms with Crippen LogP contribution in [0.15, 0.2) is 53.2 Å². The molecule has 5 rings (SSSR count). The van der Waals surface area contributed by atoms with Crippen molar-refractivity contribution in [3.05, 3.63) is 75.8 Å². The zero-order valence-electron chi connectivity index (χ0n) is 18.0. The summed E-state index contributed by atoms with van der Waals surface area (Å²) in [5.74, 6) is -2.28. The molecule has 1 amide bonds. The van der Waals surface area contributed by atoms with Crippen molar-refractivity contribution in [3.63, 3.8) is 0 Å². The van der Waals surface area contributed by atoms with E-state index < -0.39 is 40.5 Å². The molecule has 1 fully saturated rings. The molecule has 1 aliphatic heterocycles. The third kappa shape index (κ3) is 4.12. The normalized spacial score (nSPS) is 14.0. The Morgan fingerprint density at radius 3 is 2.47 bits per heavy atom. The standard InChI is InChI=1S/C23H14Cl2F4N4O3/c24-13-5-1-2-8-16(13)33-21(23(27,28)29)12(11-30-33)20-18(22(34)32-9-4-10-35-32)19(31-36-20)17-14(25)6-3-7-15(17)26/h1-3,5-8,11H,4,9-10H2. The highest BCUT2D eigenvalue weighted by molar-refractivity contribution is 6.33. The van der Waals surface area contributed by atoms with Crippen LogP contribution in [0.25, 0.3) is 28.3 Å². The lowest BCUT2D eigenvalue weighted by Gasteiger charge is -2.16. The number of alkyl halides is 3. The minimum absolute atomic E-state index is 0.0100. The Hall–Kier alpha value is -3.41. The van der Waals surface area contributed by atoms with Crippen LogP contribution in [0.4, 0.5) is 17.6 Å². The Morgan fingerprint density at radius 2 is 1.81 bits per heavy atom. The number of amides is 1. The zero-order chi connectivity index (χ0) is 25.6. The van der Waals surface area contributed by atoms with E-state index in [0.717, 1.165) is 17.3 Å². The fourth-order valence-electron chi connectivity index (χ4n) is 3.89. The van der Waals surface area contributed by atoms with Crippen molar-refractivity contribution in [2.75, 3.05) is 13.2 Å². The van der Waals surface area contributed by atoms with Crippen molar-refractivity contribution in [2.45, 2.75) is 12.6 Å². The number of hydrogen-bond donors (Lipinski definition) is 0. The van der Waals surface area contributed by atoms with E-state index in [9.17, 15) is 22.4 Å². The number of hydroxylamine groups is 2. The van der Waals surface area contributed by atoms with Gasteiger partial charge in [0, 0.05) is 0 Å². The van der Waals surface area contributed by atoms with Gasteiger partial charge in [0.05, 0.1) is 46.2 Å². The van der Waals surface area contributed by atoms with Crippen LogP contribution in [0.5, 0.6) is 0 Å². The molecule has 186 valence electrons. The minimum atomic E-state index is -4.96. The highest BCUT2D eigenvalue weighted by atomic mass is 35.5. The number of carbonyl (C=O) groups excluding carboxylic acids is 1. The van der Waals surface area contributed by atoms with Crippen molar-refractivity contribution in [1.82, 2.24) is 20.0 Å². The van der Waals surface area contributed by atoms with E-state index in [-0.39, 0.29) is 40.1 Å². The maximum absolute atomic E-state index is 14.8. The van der Waals surface area contributed by atoms with Crippen LogP contribution in [-0.2, 0) is 11.0 Å². The smallest absolute Gasteiger partial charge is 0.355 e. The average molecular weight is 541 g/mol. The lowest BCUT2D eigenvalue weighted by atomic mass is 10.0. The van der Waals surface area contributed by atoms with Crippen LogP contribution >= 0.6 is 23.2 Å². The quantitative estimate of drug-likeness (QED) is 0.278. The Labute approximate surface area is 210 Å². The zero-order valence-corrected chi connectivity index (χ0v) is 19.5. The summed E-state index contributed by atoms with van der Waals surface area (Å²) in [6.45, 7) is 0.388. The lowest BCUT2D eigenvalue weighted by molar-refractivity contribution is -0.142. The summed E-state index contributed by atoms with van der Waals surface area (Å²) in [6, 6.07) is 9.57. The first kappa shape index (κ1) is 24.3. The van der Waals surface area contributed by atoms with Crippen LogP contribution in [0.2, 0.25) is 10.0 Å². The fourth-order valence-corrected chi connectivity index (χ4v) is 4.36.